The van der Waals surface area contributed by atoms with Crippen molar-refractivity contribution in [3.63, 3.8) is 0 Å². The Bertz CT molecular complexity index is 729. The summed E-state index contributed by atoms with van der Waals surface area (Å²) in [5.74, 6) is -0.109. The van der Waals surface area contributed by atoms with Gasteiger partial charge in [0.15, 0.2) is 0 Å². The molecule has 0 unspecified atom stereocenters. The van der Waals surface area contributed by atoms with Crippen molar-refractivity contribution in [3.8, 4) is 0 Å². The Morgan fingerprint density at radius 2 is 1.65 bits per heavy atom. The lowest BCUT2D eigenvalue weighted by Gasteiger charge is -2.25. The van der Waals surface area contributed by atoms with Crippen LogP contribution < -0.4 is 16.0 Å². The monoisotopic (exact) mass is 395 g/mol. The molecular weight excluding hydrogens is 369 g/mol. The molecule has 1 aliphatic heterocycles. The molecule has 0 spiro atoms. The van der Waals surface area contributed by atoms with Crippen molar-refractivity contribution in [2.45, 2.75) is 32.6 Å². The number of rotatable bonds is 3. The molecular formula is C20H27Cl2N3O. The van der Waals surface area contributed by atoms with Crippen molar-refractivity contribution in [2.75, 3.05) is 29.0 Å². The molecule has 26 heavy (non-hydrogen) atoms. The number of nitrogens with one attached hydrogen (secondary N) is 1. The highest BCUT2D eigenvalue weighted by Crippen LogP contribution is 2.28. The molecule has 0 aliphatic carbocycles. The topological polar surface area (TPSA) is 58.4 Å². The zero-order chi connectivity index (χ0) is 16.9. The average Bonchev–Trinajstić information content (AvgIpc) is 2.87. The van der Waals surface area contributed by atoms with Gasteiger partial charge in [-0.25, -0.2) is 0 Å². The molecule has 3 N–H and O–H groups in total. The summed E-state index contributed by atoms with van der Waals surface area (Å²) in [6.07, 6.45) is 4.98. The maximum atomic E-state index is 12.7. The predicted molar refractivity (Wildman–Crippen MR) is 115 cm³/mol. The molecule has 2 aromatic carbocycles. The van der Waals surface area contributed by atoms with E-state index in [-0.39, 0.29) is 30.7 Å². The maximum Gasteiger partial charge on any atom is 0.256 e. The van der Waals surface area contributed by atoms with Gasteiger partial charge in [-0.05, 0) is 49.6 Å². The van der Waals surface area contributed by atoms with Gasteiger partial charge in [-0.3, -0.25) is 4.79 Å². The van der Waals surface area contributed by atoms with E-state index in [9.17, 15) is 4.79 Å². The van der Waals surface area contributed by atoms with Crippen LogP contribution in [0.15, 0.2) is 42.5 Å². The summed E-state index contributed by atoms with van der Waals surface area (Å²) in [6.45, 7) is 4.02. The van der Waals surface area contributed by atoms with E-state index < -0.39 is 0 Å². The molecule has 0 radical (unpaired) electrons. The van der Waals surface area contributed by atoms with Crippen LogP contribution >= 0.6 is 24.8 Å². The number of carbonyl (C=O) groups excluding carboxylic acids is 1. The number of nitrogens with two attached hydrogens (primary N) is 1. The zero-order valence-corrected chi connectivity index (χ0v) is 16.7. The van der Waals surface area contributed by atoms with Gasteiger partial charge in [0.25, 0.3) is 5.91 Å². The lowest BCUT2D eigenvalue weighted by Crippen LogP contribution is -2.25. The predicted octanol–water partition coefficient (Wildman–Crippen LogP) is 5.05. The highest BCUT2D eigenvalue weighted by molar-refractivity contribution is 6.07. The number of nitrogens with zero attached hydrogens (tertiary/aromatic N) is 1. The van der Waals surface area contributed by atoms with E-state index in [1.165, 1.54) is 25.7 Å². The fourth-order valence-electron chi connectivity index (χ4n) is 3.24. The smallest absolute Gasteiger partial charge is 0.256 e. The van der Waals surface area contributed by atoms with Crippen molar-refractivity contribution in [1.82, 2.24) is 0 Å². The molecule has 1 fully saturated rings. The first-order valence-electron chi connectivity index (χ1n) is 8.66. The quantitative estimate of drug-likeness (QED) is 0.714. The third-order valence-corrected chi connectivity index (χ3v) is 4.61. The minimum Gasteiger partial charge on any atom is -0.399 e. The van der Waals surface area contributed by atoms with E-state index in [1.54, 1.807) is 6.07 Å². The second-order valence-corrected chi connectivity index (χ2v) is 6.45. The Balaban J connectivity index is 0.00000169. The average molecular weight is 396 g/mol. The molecule has 4 nitrogen and oxygen atoms in total. The van der Waals surface area contributed by atoms with E-state index in [0.29, 0.717) is 11.3 Å². The van der Waals surface area contributed by atoms with Gasteiger partial charge in [-0.15, -0.1) is 24.8 Å². The summed E-state index contributed by atoms with van der Waals surface area (Å²) in [4.78, 5) is 15.1. The van der Waals surface area contributed by atoms with Crippen molar-refractivity contribution >= 4 is 47.8 Å². The molecule has 0 atom stereocenters. The summed E-state index contributed by atoms with van der Waals surface area (Å²) in [7, 11) is 0. The van der Waals surface area contributed by atoms with E-state index in [0.717, 1.165) is 30.0 Å². The summed E-state index contributed by atoms with van der Waals surface area (Å²) in [5, 5.41) is 3.08. The van der Waals surface area contributed by atoms with Crippen molar-refractivity contribution in [3.05, 3.63) is 53.6 Å². The Morgan fingerprint density at radius 1 is 1.00 bits per heavy atom. The highest BCUT2D eigenvalue weighted by Gasteiger charge is 2.16. The Labute approximate surface area is 168 Å². The van der Waals surface area contributed by atoms with E-state index in [2.05, 4.69) is 16.3 Å². The molecule has 0 bridgehead atoms. The van der Waals surface area contributed by atoms with Gasteiger partial charge in [0.05, 0.1) is 11.4 Å². The Kier molecular flexibility index (Phi) is 8.76. The number of carbonyl (C=O) groups is 1. The molecule has 0 aromatic heterocycles. The summed E-state index contributed by atoms with van der Waals surface area (Å²) < 4.78 is 0. The summed E-state index contributed by atoms with van der Waals surface area (Å²) >= 11 is 0. The first-order valence-corrected chi connectivity index (χ1v) is 8.66. The fraction of sp³-hybridized carbons (Fsp3) is 0.350. The van der Waals surface area contributed by atoms with Crippen molar-refractivity contribution in [1.29, 1.82) is 0 Å². The lowest BCUT2D eigenvalue weighted by molar-refractivity contribution is 0.102. The van der Waals surface area contributed by atoms with Gasteiger partial charge in [0.2, 0.25) is 0 Å². The van der Waals surface area contributed by atoms with Crippen LogP contribution in [0.5, 0.6) is 0 Å². The Morgan fingerprint density at radius 3 is 2.35 bits per heavy atom. The molecule has 3 rings (SSSR count). The summed E-state index contributed by atoms with van der Waals surface area (Å²) in [5.41, 5.74) is 9.96. The fourth-order valence-corrected chi connectivity index (χ4v) is 3.24. The number of aryl methyl sites for hydroxylation is 1. The molecule has 1 amide bonds. The van der Waals surface area contributed by atoms with E-state index in [1.807, 2.05) is 37.3 Å². The van der Waals surface area contributed by atoms with Crippen molar-refractivity contribution in [2.24, 2.45) is 0 Å². The first kappa shape index (κ1) is 22.1. The van der Waals surface area contributed by atoms with E-state index in [4.69, 9.17) is 5.73 Å². The zero-order valence-electron chi connectivity index (χ0n) is 15.0. The number of nitrogen functional groups attached to an aromatic ring is 1. The van der Waals surface area contributed by atoms with Crippen LogP contribution in [0.1, 0.15) is 41.6 Å². The minimum absolute atomic E-state index is 0. The highest BCUT2D eigenvalue weighted by atomic mass is 35.5. The number of hydrogen-bond acceptors (Lipinski definition) is 3. The van der Waals surface area contributed by atoms with Crippen LogP contribution in [0.3, 0.4) is 0 Å². The third kappa shape index (κ3) is 5.29. The molecule has 1 heterocycles. The molecule has 2 aromatic rings. The molecule has 0 saturated carbocycles. The number of halogens is 2. The number of benzene rings is 2. The van der Waals surface area contributed by atoms with Gasteiger partial charge in [-0.1, -0.05) is 31.0 Å². The first-order chi connectivity index (χ1) is 11.6. The largest absolute Gasteiger partial charge is 0.399 e. The lowest BCUT2D eigenvalue weighted by atomic mass is 10.1. The SMILES string of the molecule is Cc1ccc(N)cc1C(=O)Nc1ccccc1N1CCCCCC1.Cl.Cl. The summed E-state index contributed by atoms with van der Waals surface area (Å²) in [6, 6.07) is 13.5. The minimum atomic E-state index is -0.109. The Hall–Kier alpha value is -1.91. The van der Waals surface area contributed by atoms with Crippen LogP contribution in [-0.4, -0.2) is 19.0 Å². The maximum absolute atomic E-state index is 12.7. The van der Waals surface area contributed by atoms with Gasteiger partial charge in [-0.2, -0.15) is 0 Å². The molecule has 142 valence electrons. The van der Waals surface area contributed by atoms with Crippen LogP contribution in [0.4, 0.5) is 17.1 Å². The van der Waals surface area contributed by atoms with Gasteiger partial charge >= 0.3 is 0 Å². The number of amides is 1. The number of hydrogen-bond donors (Lipinski definition) is 2. The normalized spacial score (nSPS) is 13.8. The molecule has 1 aliphatic rings. The number of para-hydroxylation sites is 2. The number of anilines is 3. The second kappa shape index (κ2) is 10.3. The third-order valence-electron chi connectivity index (χ3n) is 4.61. The van der Waals surface area contributed by atoms with Crippen LogP contribution in [-0.2, 0) is 0 Å². The van der Waals surface area contributed by atoms with Gasteiger partial charge < -0.3 is 16.0 Å². The van der Waals surface area contributed by atoms with Crippen LogP contribution in [0.2, 0.25) is 0 Å². The van der Waals surface area contributed by atoms with Gasteiger partial charge in [0.1, 0.15) is 0 Å². The van der Waals surface area contributed by atoms with Crippen LogP contribution in [0.25, 0.3) is 0 Å². The standard InChI is InChI=1S/C20H25N3O.2ClH/c1-15-10-11-16(21)14-17(15)20(24)22-18-8-4-5-9-19(18)23-12-6-2-3-7-13-23;;/h4-5,8-11,14H,2-3,6-7,12-13,21H2,1H3,(H,22,24);2*1H. The molecule has 6 heteroatoms. The van der Waals surface area contributed by atoms with Crippen molar-refractivity contribution < 1.29 is 4.79 Å². The van der Waals surface area contributed by atoms with Crippen LogP contribution in [0, 0.1) is 6.92 Å². The van der Waals surface area contributed by atoms with E-state index >= 15 is 0 Å². The van der Waals surface area contributed by atoms with Gasteiger partial charge in [0, 0.05) is 24.3 Å². The molecule has 1 saturated heterocycles. The second-order valence-electron chi connectivity index (χ2n) is 6.45.